The Morgan fingerprint density at radius 2 is 1.57 bits per heavy atom. The van der Waals surface area contributed by atoms with Crippen molar-refractivity contribution in [3.8, 4) is 0 Å². The second-order valence-corrected chi connectivity index (χ2v) is 4.64. The average Bonchev–Trinajstić information content (AvgIpc) is 2.35. The van der Waals surface area contributed by atoms with Crippen LogP contribution >= 0.6 is 0 Å². The molecule has 11 heteroatoms. The Hall–Kier alpha value is -2.98. The van der Waals surface area contributed by atoms with Crippen LogP contribution in [0.5, 0.6) is 0 Å². The fourth-order valence-electron chi connectivity index (χ4n) is 2.33. The highest BCUT2D eigenvalue weighted by Crippen LogP contribution is 2.40. The summed E-state index contributed by atoms with van der Waals surface area (Å²) in [5, 5.41) is 21.6. The van der Waals surface area contributed by atoms with Crippen molar-refractivity contribution in [3.63, 3.8) is 0 Å². The monoisotopic (exact) mass is 332 g/mol. The average molecular weight is 332 g/mol. The van der Waals surface area contributed by atoms with Gasteiger partial charge in [0.1, 0.15) is 5.56 Å². The molecule has 0 aliphatic rings. The molecule has 0 fully saturated rings. The number of fused-ring (bicyclic) bond motifs is 1. The first kappa shape index (κ1) is 16.4. The van der Waals surface area contributed by atoms with E-state index < -0.39 is 55.1 Å². The number of hydrogen-bond acceptors (Lipinski definition) is 6. The minimum Gasteiger partial charge on any atom is -0.444 e. The van der Waals surface area contributed by atoms with E-state index in [2.05, 4.69) is 4.42 Å². The van der Waals surface area contributed by atoms with Crippen LogP contribution in [0.4, 0.5) is 24.5 Å². The minimum atomic E-state index is -5.04. The van der Waals surface area contributed by atoms with Crippen molar-refractivity contribution < 1.29 is 27.4 Å². The van der Waals surface area contributed by atoms with Gasteiger partial charge in [-0.1, -0.05) is 0 Å². The molecule has 8 nitrogen and oxygen atoms in total. The van der Waals surface area contributed by atoms with Gasteiger partial charge < -0.3 is 4.42 Å². The number of halogens is 3. The second-order valence-electron chi connectivity index (χ2n) is 4.64. The van der Waals surface area contributed by atoms with E-state index in [4.69, 9.17) is 0 Å². The molecule has 0 amide bonds. The maximum Gasteiger partial charge on any atom is 0.449 e. The van der Waals surface area contributed by atoms with Crippen molar-refractivity contribution in [2.75, 3.05) is 0 Å². The van der Waals surface area contributed by atoms with E-state index in [1.807, 2.05) is 0 Å². The topological polar surface area (TPSA) is 116 Å². The molecule has 0 bridgehead atoms. The summed E-state index contributed by atoms with van der Waals surface area (Å²) in [6.07, 6.45) is -5.04. The molecule has 0 saturated carbocycles. The normalized spacial score (nSPS) is 11.7. The van der Waals surface area contributed by atoms with Crippen molar-refractivity contribution in [2.24, 2.45) is 0 Å². The van der Waals surface area contributed by atoms with Crippen molar-refractivity contribution in [3.05, 3.63) is 53.4 Å². The van der Waals surface area contributed by atoms with Gasteiger partial charge in [0.15, 0.2) is 5.43 Å². The van der Waals surface area contributed by atoms with Crippen LogP contribution in [0.2, 0.25) is 0 Å². The van der Waals surface area contributed by atoms with Crippen molar-refractivity contribution in [1.82, 2.24) is 0 Å². The molecule has 0 aliphatic heterocycles. The molecule has 0 saturated heterocycles. The number of hydrogen-bond donors (Lipinski definition) is 0. The van der Waals surface area contributed by atoms with Crippen LogP contribution in [0.3, 0.4) is 0 Å². The van der Waals surface area contributed by atoms with E-state index >= 15 is 0 Å². The highest BCUT2D eigenvalue weighted by molar-refractivity contribution is 5.93. The maximum absolute atomic E-state index is 12.7. The van der Waals surface area contributed by atoms with Gasteiger partial charge >= 0.3 is 11.9 Å². The molecule has 0 spiro atoms. The maximum atomic E-state index is 12.7. The van der Waals surface area contributed by atoms with E-state index in [9.17, 15) is 38.2 Å². The predicted molar refractivity (Wildman–Crippen MR) is 70.3 cm³/mol. The fourth-order valence-corrected chi connectivity index (χ4v) is 2.33. The fraction of sp³-hybridized carbons (Fsp3) is 0.250. The SMILES string of the molecule is Cc1c([N+](=O)[O-])c(C)c2c(=O)cc(C(F)(F)F)oc2c1[N+](=O)[O-]. The molecule has 1 heterocycles. The van der Waals surface area contributed by atoms with Gasteiger partial charge in [0.05, 0.1) is 15.2 Å². The summed E-state index contributed by atoms with van der Waals surface area (Å²) in [5.74, 6) is -1.72. The summed E-state index contributed by atoms with van der Waals surface area (Å²) < 4.78 is 42.7. The number of nitro benzene ring substituents is 2. The van der Waals surface area contributed by atoms with Crippen molar-refractivity contribution in [2.45, 2.75) is 20.0 Å². The van der Waals surface area contributed by atoms with Crippen LogP contribution in [0.25, 0.3) is 11.0 Å². The van der Waals surface area contributed by atoms with E-state index in [-0.39, 0.29) is 11.6 Å². The van der Waals surface area contributed by atoms with Crippen molar-refractivity contribution in [1.29, 1.82) is 0 Å². The Morgan fingerprint density at radius 1 is 1.04 bits per heavy atom. The molecule has 0 unspecified atom stereocenters. The zero-order valence-electron chi connectivity index (χ0n) is 11.6. The standard InChI is InChI=1S/C12H7F3N2O6/c1-4-8-6(18)3-7(12(13,14)15)23-11(8)10(17(21)22)5(2)9(4)16(19)20/h3H,1-2H3. The third-order valence-electron chi connectivity index (χ3n) is 3.25. The Bertz CT molecular complexity index is 916. The lowest BCUT2D eigenvalue weighted by molar-refractivity contribution is -0.394. The quantitative estimate of drug-likeness (QED) is 0.615. The van der Waals surface area contributed by atoms with Crippen LogP contribution in [0.1, 0.15) is 16.9 Å². The number of nitro groups is 2. The molecule has 1 aromatic carbocycles. The number of nitrogens with zero attached hydrogens (tertiary/aromatic N) is 2. The van der Waals surface area contributed by atoms with Gasteiger partial charge in [-0.25, -0.2) is 0 Å². The summed E-state index contributed by atoms with van der Waals surface area (Å²) >= 11 is 0. The minimum absolute atomic E-state index is 0.109. The summed E-state index contributed by atoms with van der Waals surface area (Å²) in [4.78, 5) is 32.1. The van der Waals surface area contributed by atoms with E-state index in [1.54, 1.807) is 0 Å². The zero-order chi connectivity index (χ0) is 17.7. The number of rotatable bonds is 2. The number of benzene rings is 1. The molecule has 23 heavy (non-hydrogen) atoms. The third kappa shape index (κ3) is 2.49. The Morgan fingerprint density at radius 3 is 2.00 bits per heavy atom. The molecule has 2 aromatic rings. The van der Waals surface area contributed by atoms with Gasteiger partial charge in [-0.05, 0) is 13.8 Å². The van der Waals surface area contributed by atoms with Crippen LogP contribution in [-0.4, -0.2) is 9.85 Å². The summed E-state index contributed by atoms with van der Waals surface area (Å²) in [7, 11) is 0. The van der Waals surface area contributed by atoms with E-state index in [0.29, 0.717) is 0 Å². The lowest BCUT2D eigenvalue weighted by Crippen LogP contribution is -2.13. The Balaban J connectivity index is 3.16. The molecule has 0 atom stereocenters. The highest BCUT2D eigenvalue weighted by Gasteiger charge is 2.38. The van der Waals surface area contributed by atoms with E-state index in [0.717, 1.165) is 13.8 Å². The molecular formula is C12H7F3N2O6. The van der Waals surface area contributed by atoms with Gasteiger partial charge in [-0.2, -0.15) is 13.2 Å². The van der Waals surface area contributed by atoms with Crippen molar-refractivity contribution >= 4 is 22.3 Å². The summed E-state index contributed by atoms with van der Waals surface area (Å²) in [6, 6.07) is 0.109. The van der Waals surface area contributed by atoms with Gasteiger partial charge in [-0.15, -0.1) is 0 Å². The third-order valence-corrected chi connectivity index (χ3v) is 3.25. The molecule has 0 N–H and O–H groups in total. The molecule has 122 valence electrons. The van der Waals surface area contributed by atoms with Crippen LogP contribution in [-0.2, 0) is 6.18 Å². The van der Waals surface area contributed by atoms with E-state index in [1.165, 1.54) is 0 Å². The van der Waals surface area contributed by atoms with Gasteiger partial charge in [0, 0.05) is 11.6 Å². The number of aryl methyl sites for hydroxylation is 1. The first-order valence-corrected chi connectivity index (χ1v) is 5.93. The first-order valence-electron chi connectivity index (χ1n) is 5.93. The molecule has 2 rings (SSSR count). The lowest BCUT2D eigenvalue weighted by atomic mass is 10.0. The Labute approximate surface area is 124 Å². The Kier molecular flexibility index (Phi) is 3.59. The zero-order valence-corrected chi connectivity index (χ0v) is 11.6. The molecule has 1 aromatic heterocycles. The van der Waals surface area contributed by atoms with Crippen LogP contribution < -0.4 is 5.43 Å². The van der Waals surface area contributed by atoms with Crippen LogP contribution in [0, 0.1) is 34.1 Å². The molecule has 0 radical (unpaired) electrons. The van der Waals surface area contributed by atoms with Gasteiger partial charge in [0.25, 0.3) is 5.69 Å². The highest BCUT2D eigenvalue weighted by atomic mass is 19.4. The lowest BCUT2D eigenvalue weighted by Gasteiger charge is -2.10. The van der Waals surface area contributed by atoms with Gasteiger partial charge in [-0.3, -0.25) is 25.0 Å². The largest absolute Gasteiger partial charge is 0.449 e. The predicted octanol–water partition coefficient (Wildman–Crippen LogP) is 3.25. The summed E-state index contributed by atoms with van der Waals surface area (Å²) in [6.45, 7) is 2.12. The first-order chi connectivity index (χ1) is 10.5. The van der Waals surface area contributed by atoms with Gasteiger partial charge in [0.2, 0.25) is 11.3 Å². The molecular weight excluding hydrogens is 325 g/mol. The second kappa shape index (κ2) is 5.04. The molecule has 0 aliphatic carbocycles. The van der Waals surface area contributed by atoms with Crippen LogP contribution in [0.15, 0.2) is 15.3 Å². The smallest absolute Gasteiger partial charge is 0.444 e. The summed E-state index contributed by atoms with van der Waals surface area (Å²) in [5.41, 5.74) is -4.72. The number of alkyl halides is 3.